The minimum Gasteiger partial charge on any atom is -0.465 e. The largest absolute Gasteiger partial charge is 0.465 e. The number of amides is 2. The molecular weight excluding hydrogens is 340 g/mol. The Morgan fingerprint density at radius 1 is 0.889 bits per heavy atom. The lowest BCUT2D eigenvalue weighted by atomic mass is 10.1. The summed E-state index contributed by atoms with van der Waals surface area (Å²) in [5, 5.41) is 5.46. The molecule has 0 aliphatic rings. The van der Waals surface area contributed by atoms with Crippen molar-refractivity contribution in [1.82, 2.24) is 5.32 Å². The summed E-state index contributed by atoms with van der Waals surface area (Å²) in [5.41, 5.74) is 3.34. The number of rotatable bonds is 5. The van der Waals surface area contributed by atoms with E-state index in [2.05, 4.69) is 10.6 Å². The van der Waals surface area contributed by atoms with Crippen LogP contribution in [0.15, 0.2) is 77.0 Å². The monoisotopic (exact) mass is 360 g/mol. The molecule has 136 valence electrons. The van der Waals surface area contributed by atoms with Crippen molar-refractivity contribution in [2.24, 2.45) is 0 Å². The molecule has 0 bridgehead atoms. The quantitative estimate of drug-likeness (QED) is 0.666. The molecule has 2 aromatic carbocycles. The average molecular weight is 360 g/mol. The number of carbonyl (C=O) groups is 2. The summed E-state index contributed by atoms with van der Waals surface area (Å²) in [6.07, 6.45) is 3.00. The Kier molecular flexibility index (Phi) is 5.52. The molecule has 1 aromatic heterocycles. The topological polar surface area (TPSA) is 71.3 Å². The molecule has 3 rings (SSSR count). The maximum Gasteiger partial charge on any atom is 0.272 e. The summed E-state index contributed by atoms with van der Waals surface area (Å²) in [7, 11) is 0. The van der Waals surface area contributed by atoms with Crippen LogP contribution in [0.3, 0.4) is 0 Å². The Hall–Kier alpha value is -3.60. The first-order valence-corrected chi connectivity index (χ1v) is 8.52. The number of hydrogen-bond donors (Lipinski definition) is 2. The Morgan fingerprint density at radius 2 is 1.52 bits per heavy atom. The van der Waals surface area contributed by atoms with E-state index in [0.29, 0.717) is 17.0 Å². The van der Waals surface area contributed by atoms with Crippen LogP contribution in [-0.2, 0) is 4.79 Å². The van der Waals surface area contributed by atoms with Gasteiger partial charge in [0, 0.05) is 17.3 Å². The molecule has 0 spiro atoms. The lowest BCUT2D eigenvalue weighted by molar-refractivity contribution is -0.113. The van der Waals surface area contributed by atoms with E-state index in [1.54, 1.807) is 36.4 Å². The first-order chi connectivity index (χ1) is 13.0. The van der Waals surface area contributed by atoms with Gasteiger partial charge in [-0.25, -0.2) is 0 Å². The van der Waals surface area contributed by atoms with E-state index in [9.17, 15) is 9.59 Å². The van der Waals surface area contributed by atoms with E-state index in [-0.39, 0.29) is 11.6 Å². The number of anilines is 1. The van der Waals surface area contributed by atoms with Crippen LogP contribution in [0.2, 0.25) is 0 Å². The molecule has 0 unspecified atom stereocenters. The van der Waals surface area contributed by atoms with Crippen molar-refractivity contribution in [3.63, 3.8) is 0 Å². The first kappa shape index (κ1) is 18.2. The van der Waals surface area contributed by atoms with E-state index >= 15 is 0 Å². The molecule has 3 aromatic rings. The van der Waals surface area contributed by atoms with Gasteiger partial charge in [0.1, 0.15) is 11.5 Å². The van der Waals surface area contributed by atoms with Crippen LogP contribution >= 0.6 is 0 Å². The SMILES string of the molecule is Cc1ccc(NC(=O)/C(=C\c2ccco2)NC(=O)c2ccc(C)cc2)cc1. The third-order valence-electron chi connectivity index (χ3n) is 3.95. The van der Waals surface area contributed by atoms with Crippen molar-refractivity contribution < 1.29 is 14.0 Å². The third-order valence-corrected chi connectivity index (χ3v) is 3.95. The molecule has 2 N–H and O–H groups in total. The fraction of sp³-hybridized carbons (Fsp3) is 0.0909. The van der Waals surface area contributed by atoms with E-state index in [4.69, 9.17) is 4.42 Å². The highest BCUT2D eigenvalue weighted by Gasteiger charge is 2.15. The number of hydrogen-bond acceptors (Lipinski definition) is 3. The van der Waals surface area contributed by atoms with Crippen LogP contribution in [-0.4, -0.2) is 11.8 Å². The summed E-state index contributed by atoms with van der Waals surface area (Å²) in [6.45, 7) is 3.91. The van der Waals surface area contributed by atoms with Crippen molar-refractivity contribution in [2.45, 2.75) is 13.8 Å². The Labute approximate surface area is 157 Å². The molecule has 5 heteroatoms. The van der Waals surface area contributed by atoms with E-state index in [1.807, 2.05) is 38.1 Å². The lowest BCUT2D eigenvalue weighted by Gasteiger charge is -2.11. The molecule has 0 aliphatic carbocycles. The van der Waals surface area contributed by atoms with Gasteiger partial charge in [0.05, 0.1) is 6.26 Å². The molecular formula is C22H20N2O3. The predicted octanol–water partition coefficient (Wildman–Crippen LogP) is 4.31. The number of nitrogens with one attached hydrogen (secondary N) is 2. The summed E-state index contributed by atoms with van der Waals surface area (Å²) in [4.78, 5) is 25.2. The summed E-state index contributed by atoms with van der Waals surface area (Å²) in [6, 6.07) is 17.9. The summed E-state index contributed by atoms with van der Waals surface area (Å²) < 4.78 is 5.28. The molecule has 0 saturated heterocycles. The maximum atomic E-state index is 12.7. The molecule has 0 fully saturated rings. The molecule has 0 radical (unpaired) electrons. The summed E-state index contributed by atoms with van der Waals surface area (Å²) in [5.74, 6) is -0.337. The fourth-order valence-electron chi connectivity index (χ4n) is 2.41. The molecule has 0 saturated carbocycles. The van der Waals surface area contributed by atoms with Crippen molar-refractivity contribution in [2.75, 3.05) is 5.32 Å². The number of aryl methyl sites for hydroxylation is 2. The van der Waals surface area contributed by atoms with Crippen molar-refractivity contribution >= 4 is 23.6 Å². The van der Waals surface area contributed by atoms with Crippen molar-refractivity contribution in [3.05, 3.63) is 95.1 Å². The maximum absolute atomic E-state index is 12.7. The minimum absolute atomic E-state index is 0.0936. The zero-order chi connectivity index (χ0) is 19.2. The van der Waals surface area contributed by atoms with E-state index < -0.39 is 5.91 Å². The number of carbonyl (C=O) groups excluding carboxylic acids is 2. The zero-order valence-corrected chi connectivity index (χ0v) is 15.2. The van der Waals surface area contributed by atoms with Crippen LogP contribution in [0.1, 0.15) is 27.2 Å². The Balaban J connectivity index is 1.82. The second-order valence-electron chi connectivity index (χ2n) is 6.21. The van der Waals surface area contributed by atoms with Gasteiger partial charge in [-0.15, -0.1) is 0 Å². The van der Waals surface area contributed by atoms with Crippen LogP contribution in [0, 0.1) is 13.8 Å². The van der Waals surface area contributed by atoms with Gasteiger partial charge in [-0.05, 0) is 50.2 Å². The van der Waals surface area contributed by atoms with Crippen LogP contribution in [0.4, 0.5) is 5.69 Å². The highest BCUT2D eigenvalue weighted by Crippen LogP contribution is 2.13. The number of benzene rings is 2. The zero-order valence-electron chi connectivity index (χ0n) is 15.2. The summed E-state index contributed by atoms with van der Waals surface area (Å²) >= 11 is 0. The standard InChI is InChI=1S/C22H20N2O3/c1-15-5-9-17(10-6-15)21(25)24-20(14-19-4-3-13-27-19)22(26)23-18-11-7-16(2)8-12-18/h3-14H,1-2H3,(H,23,26)(H,24,25)/b20-14+. The van der Waals surface area contributed by atoms with Crippen molar-refractivity contribution in [3.8, 4) is 0 Å². The Morgan fingerprint density at radius 3 is 2.11 bits per heavy atom. The van der Waals surface area contributed by atoms with Gasteiger partial charge < -0.3 is 15.1 Å². The smallest absolute Gasteiger partial charge is 0.272 e. The third kappa shape index (κ3) is 4.95. The lowest BCUT2D eigenvalue weighted by Crippen LogP contribution is -2.30. The van der Waals surface area contributed by atoms with Gasteiger partial charge >= 0.3 is 0 Å². The van der Waals surface area contributed by atoms with Gasteiger partial charge in [-0.1, -0.05) is 35.4 Å². The molecule has 5 nitrogen and oxygen atoms in total. The van der Waals surface area contributed by atoms with Gasteiger partial charge in [0.25, 0.3) is 11.8 Å². The van der Waals surface area contributed by atoms with Gasteiger partial charge in [0.2, 0.25) is 0 Å². The average Bonchev–Trinajstić information content (AvgIpc) is 3.16. The van der Waals surface area contributed by atoms with Gasteiger partial charge in [-0.2, -0.15) is 0 Å². The van der Waals surface area contributed by atoms with Gasteiger partial charge in [-0.3, -0.25) is 9.59 Å². The number of furan rings is 1. The normalized spacial score (nSPS) is 11.1. The molecule has 27 heavy (non-hydrogen) atoms. The van der Waals surface area contributed by atoms with E-state index in [1.165, 1.54) is 12.3 Å². The highest BCUT2D eigenvalue weighted by atomic mass is 16.3. The fourth-order valence-corrected chi connectivity index (χ4v) is 2.41. The molecule has 0 aliphatic heterocycles. The molecule has 1 heterocycles. The van der Waals surface area contributed by atoms with Crippen LogP contribution < -0.4 is 10.6 Å². The van der Waals surface area contributed by atoms with Crippen molar-refractivity contribution in [1.29, 1.82) is 0 Å². The second-order valence-corrected chi connectivity index (χ2v) is 6.21. The first-order valence-electron chi connectivity index (χ1n) is 8.52. The molecule has 2 amide bonds. The highest BCUT2D eigenvalue weighted by molar-refractivity contribution is 6.10. The van der Waals surface area contributed by atoms with E-state index in [0.717, 1.165) is 11.1 Å². The van der Waals surface area contributed by atoms with Crippen LogP contribution in [0.5, 0.6) is 0 Å². The Bertz CT molecular complexity index is 954. The second kappa shape index (κ2) is 8.19. The van der Waals surface area contributed by atoms with Crippen LogP contribution in [0.25, 0.3) is 6.08 Å². The predicted molar refractivity (Wildman–Crippen MR) is 105 cm³/mol. The minimum atomic E-state index is -0.435. The molecule has 0 atom stereocenters. The van der Waals surface area contributed by atoms with Gasteiger partial charge in [0.15, 0.2) is 0 Å².